The molecule has 4 bridgehead atoms. The van der Waals surface area contributed by atoms with E-state index < -0.39 is 5.97 Å². The summed E-state index contributed by atoms with van der Waals surface area (Å²) in [6.07, 6.45) is 24.1. The van der Waals surface area contributed by atoms with Gasteiger partial charge in [0.2, 0.25) is 0 Å². The van der Waals surface area contributed by atoms with Crippen LogP contribution in [-0.2, 0) is 4.79 Å². The average molecular weight is 449 g/mol. The van der Waals surface area contributed by atoms with Gasteiger partial charge in [-0.25, -0.2) is 4.79 Å². The molecular formula is C27H48N2O3. The van der Waals surface area contributed by atoms with E-state index in [2.05, 4.69) is 10.6 Å². The molecule has 5 heteroatoms. The third kappa shape index (κ3) is 8.94. The Morgan fingerprint density at radius 3 is 1.50 bits per heavy atom. The molecule has 4 fully saturated rings. The Balaban J connectivity index is 1.07. The molecule has 4 saturated carbocycles. The van der Waals surface area contributed by atoms with Crippen molar-refractivity contribution in [1.82, 2.24) is 10.6 Å². The van der Waals surface area contributed by atoms with Crippen molar-refractivity contribution < 1.29 is 14.7 Å². The van der Waals surface area contributed by atoms with Gasteiger partial charge in [-0.05, 0) is 69.1 Å². The fraction of sp³-hybridized carbons (Fsp3) is 0.926. The van der Waals surface area contributed by atoms with Gasteiger partial charge in [0.25, 0.3) is 0 Å². The number of carboxylic acids is 1. The van der Waals surface area contributed by atoms with Crippen LogP contribution in [-0.4, -0.2) is 29.2 Å². The van der Waals surface area contributed by atoms with Gasteiger partial charge < -0.3 is 15.7 Å². The Hall–Kier alpha value is -1.26. The van der Waals surface area contributed by atoms with E-state index in [0.29, 0.717) is 6.42 Å². The van der Waals surface area contributed by atoms with E-state index in [1.54, 1.807) is 0 Å². The van der Waals surface area contributed by atoms with Crippen molar-refractivity contribution in [2.24, 2.45) is 17.8 Å². The van der Waals surface area contributed by atoms with Crippen molar-refractivity contribution in [2.75, 3.05) is 6.54 Å². The van der Waals surface area contributed by atoms with E-state index in [-0.39, 0.29) is 11.6 Å². The van der Waals surface area contributed by atoms with Crippen LogP contribution in [0.2, 0.25) is 0 Å². The number of unbranched alkanes of at least 4 members (excludes halogenated alkanes) is 12. The second-order valence-corrected chi connectivity index (χ2v) is 11.3. The van der Waals surface area contributed by atoms with Crippen LogP contribution in [0.1, 0.15) is 128 Å². The zero-order chi connectivity index (χ0) is 22.7. The summed E-state index contributed by atoms with van der Waals surface area (Å²) in [5.41, 5.74) is 0.124. The summed E-state index contributed by atoms with van der Waals surface area (Å²) >= 11 is 0. The van der Waals surface area contributed by atoms with Gasteiger partial charge in [-0.2, -0.15) is 0 Å². The molecule has 4 aliphatic carbocycles. The van der Waals surface area contributed by atoms with Crippen molar-refractivity contribution in [1.29, 1.82) is 0 Å². The highest BCUT2D eigenvalue weighted by atomic mass is 16.4. The van der Waals surface area contributed by atoms with Crippen molar-refractivity contribution >= 4 is 12.0 Å². The number of urea groups is 1. The quantitative estimate of drug-likeness (QED) is 0.214. The van der Waals surface area contributed by atoms with Gasteiger partial charge in [0.05, 0.1) is 0 Å². The van der Waals surface area contributed by atoms with Crippen molar-refractivity contribution in [3.63, 3.8) is 0 Å². The molecule has 0 heterocycles. The lowest BCUT2D eigenvalue weighted by atomic mass is 9.53. The van der Waals surface area contributed by atoms with Crippen LogP contribution < -0.4 is 10.6 Å². The number of carbonyl (C=O) groups excluding carboxylic acids is 1. The van der Waals surface area contributed by atoms with Gasteiger partial charge in [-0.15, -0.1) is 0 Å². The van der Waals surface area contributed by atoms with Gasteiger partial charge in [0.15, 0.2) is 0 Å². The number of hydrogen-bond donors (Lipinski definition) is 3. The Morgan fingerprint density at radius 2 is 1.06 bits per heavy atom. The molecule has 4 rings (SSSR count). The smallest absolute Gasteiger partial charge is 0.315 e. The molecule has 184 valence electrons. The maximum absolute atomic E-state index is 12.4. The minimum Gasteiger partial charge on any atom is -0.481 e. The highest BCUT2D eigenvalue weighted by Gasteiger charge is 2.51. The van der Waals surface area contributed by atoms with Crippen LogP contribution in [0.15, 0.2) is 0 Å². The summed E-state index contributed by atoms with van der Waals surface area (Å²) < 4.78 is 0. The van der Waals surface area contributed by atoms with Gasteiger partial charge in [-0.3, -0.25) is 4.79 Å². The Morgan fingerprint density at radius 1 is 0.656 bits per heavy atom. The molecule has 0 aromatic heterocycles. The van der Waals surface area contributed by atoms with E-state index in [4.69, 9.17) is 5.11 Å². The fourth-order valence-electron chi connectivity index (χ4n) is 7.10. The molecule has 0 radical (unpaired) electrons. The molecule has 0 aromatic carbocycles. The third-order valence-corrected chi connectivity index (χ3v) is 8.27. The van der Waals surface area contributed by atoms with Crippen LogP contribution in [0, 0.1) is 17.8 Å². The van der Waals surface area contributed by atoms with Gasteiger partial charge in [-0.1, -0.05) is 70.6 Å². The maximum Gasteiger partial charge on any atom is 0.315 e. The average Bonchev–Trinajstić information content (AvgIpc) is 2.72. The normalized spacial score (nSPS) is 28.1. The standard InChI is InChI=1S/C27H48N2O3/c30-25(31)14-12-10-8-6-4-2-1-3-5-7-9-11-13-15-28-26(32)29-27-19-22-16-23(20-27)18-24(17-22)21-27/h22-24H,1-21H2,(H,30,31)(H2,28,29,32). The zero-order valence-corrected chi connectivity index (χ0v) is 20.3. The molecule has 0 aromatic rings. The SMILES string of the molecule is O=C(O)CCCCCCCCCCCCCCCNC(=O)NC12CC3CC(CC(C3)C1)C2. The van der Waals surface area contributed by atoms with Crippen molar-refractivity contribution in [3.8, 4) is 0 Å². The molecule has 32 heavy (non-hydrogen) atoms. The summed E-state index contributed by atoms with van der Waals surface area (Å²) in [4.78, 5) is 22.9. The highest BCUT2D eigenvalue weighted by Crippen LogP contribution is 2.55. The van der Waals surface area contributed by atoms with Gasteiger partial charge >= 0.3 is 12.0 Å². The lowest BCUT2D eigenvalue weighted by molar-refractivity contribution is -0.137. The number of aliphatic carboxylic acids is 1. The highest BCUT2D eigenvalue weighted by molar-refractivity contribution is 5.74. The minimum atomic E-state index is -0.667. The lowest BCUT2D eigenvalue weighted by Crippen LogP contribution is -2.61. The molecule has 0 unspecified atom stereocenters. The second kappa shape index (κ2) is 13.4. The van der Waals surface area contributed by atoms with Crippen LogP contribution in [0.4, 0.5) is 4.79 Å². The predicted molar refractivity (Wildman–Crippen MR) is 130 cm³/mol. The number of hydrogen-bond acceptors (Lipinski definition) is 2. The van der Waals surface area contributed by atoms with E-state index in [1.807, 2.05) is 0 Å². The molecular weight excluding hydrogens is 400 g/mol. The summed E-state index contributed by atoms with van der Waals surface area (Å²) in [7, 11) is 0. The lowest BCUT2D eigenvalue weighted by Gasteiger charge is -2.56. The third-order valence-electron chi connectivity index (χ3n) is 8.27. The first kappa shape index (κ1) is 25.4. The number of carbonyl (C=O) groups is 2. The molecule has 0 saturated heterocycles. The fourth-order valence-corrected chi connectivity index (χ4v) is 7.10. The molecule has 4 aliphatic rings. The van der Waals surface area contributed by atoms with Crippen molar-refractivity contribution in [2.45, 2.75) is 134 Å². The summed E-state index contributed by atoms with van der Waals surface area (Å²) in [5, 5.41) is 15.1. The Labute approximate surface area is 195 Å². The largest absolute Gasteiger partial charge is 0.481 e. The number of amides is 2. The van der Waals surface area contributed by atoms with Crippen molar-refractivity contribution in [3.05, 3.63) is 0 Å². The molecule has 3 N–H and O–H groups in total. The minimum absolute atomic E-state index is 0.0776. The van der Waals surface area contributed by atoms with Crippen LogP contribution in [0.25, 0.3) is 0 Å². The van der Waals surface area contributed by atoms with Crippen LogP contribution in [0.3, 0.4) is 0 Å². The first-order chi connectivity index (χ1) is 15.5. The first-order valence-electron chi connectivity index (χ1n) is 13.8. The summed E-state index contributed by atoms with van der Waals surface area (Å²) in [5.74, 6) is 1.95. The predicted octanol–water partition coefficient (Wildman–Crippen LogP) is 6.80. The van der Waals surface area contributed by atoms with E-state index in [0.717, 1.165) is 43.6 Å². The number of nitrogens with one attached hydrogen (secondary N) is 2. The Kier molecular flexibility index (Phi) is 10.7. The summed E-state index contributed by atoms with van der Waals surface area (Å²) in [6.45, 7) is 0.810. The molecule has 5 nitrogen and oxygen atoms in total. The molecule has 2 amide bonds. The Bertz CT molecular complexity index is 542. The second-order valence-electron chi connectivity index (χ2n) is 11.3. The summed E-state index contributed by atoms with van der Waals surface area (Å²) in [6, 6.07) is 0.0776. The number of carboxylic acid groups (broad SMARTS) is 1. The van der Waals surface area contributed by atoms with Gasteiger partial charge in [0.1, 0.15) is 0 Å². The van der Waals surface area contributed by atoms with Gasteiger partial charge in [0, 0.05) is 18.5 Å². The number of rotatable bonds is 17. The van der Waals surface area contributed by atoms with E-state index in [9.17, 15) is 9.59 Å². The monoisotopic (exact) mass is 448 g/mol. The zero-order valence-electron chi connectivity index (χ0n) is 20.3. The first-order valence-corrected chi connectivity index (χ1v) is 13.8. The molecule has 0 aliphatic heterocycles. The van der Waals surface area contributed by atoms with E-state index >= 15 is 0 Å². The molecule has 0 spiro atoms. The topological polar surface area (TPSA) is 78.4 Å². The van der Waals surface area contributed by atoms with Crippen LogP contribution >= 0.6 is 0 Å². The molecule has 0 atom stereocenters. The van der Waals surface area contributed by atoms with E-state index in [1.165, 1.54) is 103 Å². The van der Waals surface area contributed by atoms with Crippen LogP contribution in [0.5, 0.6) is 0 Å². The maximum atomic E-state index is 12.4.